The zero-order valence-electron chi connectivity index (χ0n) is 16.9. The van der Waals surface area contributed by atoms with E-state index in [9.17, 15) is 4.79 Å². The van der Waals surface area contributed by atoms with Crippen molar-refractivity contribution in [2.24, 2.45) is 4.99 Å². The molecule has 2 aromatic rings. The van der Waals surface area contributed by atoms with E-state index in [2.05, 4.69) is 44.1 Å². The van der Waals surface area contributed by atoms with Crippen molar-refractivity contribution in [3.63, 3.8) is 0 Å². The van der Waals surface area contributed by atoms with Crippen LogP contribution >= 0.6 is 11.3 Å². The van der Waals surface area contributed by atoms with Crippen molar-refractivity contribution in [1.29, 1.82) is 0 Å². The van der Waals surface area contributed by atoms with Crippen LogP contribution in [0.15, 0.2) is 46.8 Å². The Balaban J connectivity index is 1.32. The van der Waals surface area contributed by atoms with Gasteiger partial charge in [0, 0.05) is 30.7 Å². The first-order chi connectivity index (χ1) is 14.3. The van der Waals surface area contributed by atoms with Gasteiger partial charge in [-0.2, -0.15) is 0 Å². The molecule has 0 spiro atoms. The van der Waals surface area contributed by atoms with Gasteiger partial charge in [-0.3, -0.25) is 14.7 Å². The minimum absolute atomic E-state index is 0.0762. The summed E-state index contributed by atoms with van der Waals surface area (Å²) in [6.45, 7) is 4.05. The first kappa shape index (κ1) is 19.9. The molecule has 1 unspecified atom stereocenters. The second-order valence-electron chi connectivity index (χ2n) is 7.51. The van der Waals surface area contributed by atoms with E-state index in [4.69, 9.17) is 0 Å². The summed E-state index contributed by atoms with van der Waals surface area (Å²) >= 11 is 1.80. The first-order valence-corrected chi connectivity index (χ1v) is 11.2. The number of nitrogens with one attached hydrogen (secondary N) is 2. The van der Waals surface area contributed by atoms with Crippen LogP contribution in [0.1, 0.15) is 29.3 Å². The number of amides is 1. The van der Waals surface area contributed by atoms with Crippen LogP contribution in [0, 0.1) is 0 Å². The van der Waals surface area contributed by atoms with Crippen LogP contribution in [-0.4, -0.2) is 56.5 Å². The average molecular weight is 412 g/mol. The topological polar surface area (TPSA) is 60.0 Å². The van der Waals surface area contributed by atoms with Crippen molar-refractivity contribution in [2.45, 2.75) is 25.3 Å². The van der Waals surface area contributed by atoms with E-state index < -0.39 is 0 Å². The molecule has 1 atom stereocenters. The Kier molecular flexibility index (Phi) is 6.46. The maximum atomic E-state index is 12.7. The van der Waals surface area contributed by atoms with E-state index in [0.717, 1.165) is 38.3 Å². The van der Waals surface area contributed by atoms with Gasteiger partial charge in [-0.15, -0.1) is 11.3 Å². The highest BCUT2D eigenvalue weighted by Gasteiger charge is 2.26. The Morgan fingerprint density at radius 2 is 1.97 bits per heavy atom. The third-order valence-electron chi connectivity index (χ3n) is 5.73. The van der Waals surface area contributed by atoms with E-state index in [0.29, 0.717) is 12.0 Å². The van der Waals surface area contributed by atoms with E-state index in [1.807, 2.05) is 23.1 Å². The van der Waals surface area contributed by atoms with E-state index in [-0.39, 0.29) is 12.5 Å². The number of fused-ring (bicyclic) bond motifs is 1. The molecule has 1 aromatic carbocycles. The standard InChI is InChI=1S/C22H29N5OS/c1-23-22(24-15-19(20-9-6-14-29-20)26-11-4-5-12-26)25-16-21(28)27-13-10-17-7-2-3-8-18(17)27/h2-3,6-9,14,19H,4-5,10-13,15-16H2,1H3,(H2,23,24,25). The lowest BCUT2D eigenvalue weighted by Crippen LogP contribution is -2.46. The van der Waals surface area contributed by atoms with Gasteiger partial charge in [-0.25, -0.2) is 0 Å². The van der Waals surface area contributed by atoms with Gasteiger partial charge < -0.3 is 15.5 Å². The number of hydrogen-bond donors (Lipinski definition) is 2. The maximum Gasteiger partial charge on any atom is 0.246 e. The van der Waals surface area contributed by atoms with Crippen molar-refractivity contribution in [1.82, 2.24) is 15.5 Å². The molecule has 0 saturated carbocycles. The molecule has 4 rings (SSSR count). The van der Waals surface area contributed by atoms with Gasteiger partial charge in [0.25, 0.3) is 0 Å². The lowest BCUT2D eigenvalue weighted by atomic mass is 10.2. The molecule has 6 nitrogen and oxygen atoms in total. The fourth-order valence-electron chi connectivity index (χ4n) is 4.21. The summed E-state index contributed by atoms with van der Waals surface area (Å²) in [5.74, 6) is 0.749. The predicted octanol–water partition coefficient (Wildman–Crippen LogP) is 2.64. The number of benzene rings is 1. The number of carbonyl (C=O) groups is 1. The summed E-state index contributed by atoms with van der Waals surface area (Å²) in [4.78, 5) is 22.8. The largest absolute Gasteiger partial charge is 0.354 e. The third-order valence-corrected chi connectivity index (χ3v) is 6.71. The number of thiophene rings is 1. The van der Waals surface area contributed by atoms with Crippen molar-refractivity contribution in [2.75, 3.05) is 44.7 Å². The summed E-state index contributed by atoms with van der Waals surface area (Å²) in [6.07, 6.45) is 3.45. The molecule has 1 aromatic heterocycles. The van der Waals surface area contributed by atoms with Crippen LogP contribution in [0.2, 0.25) is 0 Å². The summed E-state index contributed by atoms with van der Waals surface area (Å²) in [5.41, 5.74) is 2.28. The second kappa shape index (κ2) is 9.41. The zero-order valence-corrected chi connectivity index (χ0v) is 17.8. The molecule has 2 aliphatic heterocycles. The molecule has 7 heteroatoms. The van der Waals surface area contributed by atoms with Crippen LogP contribution in [0.5, 0.6) is 0 Å². The quantitative estimate of drug-likeness (QED) is 0.567. The molecule has 0 bridgehead atoms. The van der Waals surface area contributed by atoms with Gasteiger partial charge in [0.1, 0.15) is 0 Å². The molecule has 0 radical (unpaired) electrons. The Labute approximate surface area is 176 Å². The highest BCUT2D eigenvalue weighted by atomic mass is 32.1. The highest BCUT2D eigenvalue weighted by Crippen LogP contribution is 2.28. The van der Waals surface area contributed by atoms with Crippen molar-refractivity contribution in [3.8, 4) is 0 Å². The number of nitrogens with zero attached hydrogens (tertiary/aromatic N) is 3. The van der Waals surface area contributed by atoms with Gasteiger partial charge in [-0.1, -0.05) is 24.3 Å². The monoisotopic (exact) mass is 411 g/mol. The van der Waals surface area contributed by atoms with Crippen LogP contribution in [0.25, 0.3) is 0 Å². The van der Waals surface area contributed by atoms with Crippen molar-refractivity contribution >= 4 is 28.9 Å². The van der Waals surface area contributed by atoms with Gasteiger partial charge in [0.2, 0.25) is 5.91 Å². The predicted molar refractivity (Wildman–Crippen MR) is 120 cm³/mol. The van der Waals surface area contributed by atoms with Gasteiger partial charge in [0.15, 0.2) is 5.96 Å². The minimum Gasteiger partial charge on any atom is -0.354 e. The van der Waals surface area contributed by atoms with Crippen molar-refractivity contribution < 1.29 is 4.79 Å². The molecule has 1 saturated heterocycles. The number of hydrogen-bond acceptors (Lipinski definition) is 4. The SMILES string of the molecule is CN=C(NCC(=O)N1CCc2ccccc21)NCC(c1cccs1)N1CCCC1. The lowest BCUT2D eigenvalue weighted by Gasteiger charge is -2.27. The van der Waals surface area contributed by atoms with Gasteiger partial charge in [-0.05, 0) is 55.4 Å². The van der Waals surface area contributed by atoms with Crippen LogP contribution < -0.4 is 15.5 Å². The summed E-state index contributed by atoms with van der Waals surface area (Å²) < 4.78 is 0. The maximum absolute atomic E-state index is 12.7. The molecule has 2 aliphatic rings. The number of aliphatic imine (C=N–C) groups is 1. The number of guanidine groups is 1. The molecule has 2 N–H and O–H groups in total. The fraction of sp³-hybridized carbons (Fsp3) is 0.455. The van der Waals surface area contributed by atoms with E-state index in [1.54, 1.807) is 18.4 Å². The second-order valence-corrected chi connectivity index (χ2v) is 8.48. The molecule has 29 heavy (non-hydrogen) atoms. The molecule has 3 heterocycles. The molecule has 0 aliphatic carbocycles. The number of para-hydroxylation sites is 1. The zero-order chi connectivity index (χ0) is 20.1. The molecule has 1 amide bonds. The number of carbonyl (C=O) groups excluding carboxylic acids is 1. The third kappa shape index (κ3) is 4.62. The average Bonchev–Trinajstić information content (AvgIpc) is 3.52. The van der Waals surface area contributed by atoms with E-state index >= 15 is 0 Å². The summed E-state index contributed by atoms with van der Waals surface area (Å²) in [6, 6.07) is 12.8. The number of likely N-dealkylation sites (tertiary alicyclic amines) is 1. The summed E-state index contributed by atoms with van der Waals surface area (Å²) in [5, 5.41) is 8.77. The smallest absolute Gasteiger partial charge is 0.246 e. The van der Waals surface area contributed by atoms with Crippen molar-refractivity contribution in [3.05, 3.63) is 52.2 Å². The van der Waals surface area contributed by atoms with Gasteiger partial charge >= 0.3 is 0 Å². The lowest BCUT2D eigenvalue weighted by molar-refractivity contribution is -0.117. The van der Waals surface area contributed by atoms with Crippen LogP contribution in [0.3, 0.4) is 0 Å². The minimum atomic E-state index is 0.0762. The first-order valence-electron chi connectivity index (χ1n) is 10.4. The number of rotatable bonds is 6. The molecular weight excluding hydrogens is 382 g/mol. The fourth-order valence-corrected chi connectivity index (χ4v) is 5.07. The van der Waals surface area contributed by atoms with Crippen LogP contribution in [-0.2, 0) is 11.2 Å². The molecular formula is C22H29N5OS. The summed E-state index contributed by atoms with van der Waals surface area (Å²) in [7, 11) is 1.75. The Bertz CT molecular complexity index is 845. The normalized spacial score (nSPS) is 18.0. The van der Waals surface area contributed by atoms with Gasteiger partial charge in [0.05, 0.1) is 12.6 Å². The Morgan fingerprint density at radius 1 is 1.14 bits per heavy atom. The Morgan fingerprint density at radius 3 is 2.72 bits per heavy atom. The van der Waals surface area contributed by atoms with Crippen LogP contribution in [0.4, 0.5) is 5.69 Å². The Hall–Kier alpha value is -2.38. The number of anilines is 1. The highest BCUT2D eigenvalue weighted by molar-refractivity contribution is 7.10. The van der Waals surface area contributed by atoms with E-state index in [1.165, 1.54) is 23.3 Å². The molecule has 1 fully saturated rings. The molecule has 154 valence electrons.